The second-order valence-corrected chi connectivity index (χ2v) is 9.24. The van der Waals surface area contributed by atoms with Crippen molar-refractivity contribution in [2.24, 2.45) is 4.99 Å². The van der Waals surface area contributed by atoms with Gasteiger partial charge in [-0.3, -0.25) is 4.99 Å². The van der Waals surface area contributed by atoms with Crippen molar-refractivity contribution in [3.63, 3.8) is 0 Å². The molecule has 11 heteroatoms. The van der Waals surface area contributed by atoms with Crippen LogP contribution in [0.1, 0.15) is 19.8 Å². The number of nitrogens with zero attached hydrogens (tertiary/aromatic N) is 3. The van der Waals surface area contributed by atoms with E-state index in [0.29, 0.717) is 26.1 Å². The summed E-state index contributed by atoms with van der Waals surface area (Å²) >= 11 is 0. The average molecular weight is 570 g/mol. The predicted molar refractivity (Wildman–Crippen MR) is 137 cm³/mol. The van der Waals surface area contributed by atoms with Crippen molar-refractivity contribution in [3.8, 4) is 11.5 Å². The minimum atomic E-state index is -3.15. The van der Waals surface area contributed by atoms with Crippen molar-refractivity contribution < 1.29 is 17.9 Å². The zero-order valence-electron chi connectivity index (χ0n) is 19.1. The van der Waals surface area contributed by atoms with Crippen molar-refractivity contribution in [1.29, 1.82) is 0 Å². The molecule has 2 rings (SSSR count). The Balaban J connectivity index is 0.00000480. The van der Waals surface area contributed by atoms with Crippen LogP contribution in [-0.2, 0) is 10.0 Å². The van der Waals surface area contributed by atoms with Crippen LogP contribution in [0, 0.1) is 0 Å². The molecule has 1 fully saturated rings. The van der Waals surface area contributed by atoms with Crippen LogP contribution in [0.4, 0.5) is 5.69 Å². The van der Waals surface area contributed by atoms with E-state index in [0.717, 1.165) is 42.7 Å². The summed E-state index contributed by atoms with van der Waals surface area (Å²) in [4.78, 5) is 6.59. The lowest BCUT2D eigenvalue weighted by molar-refractivity contribution is 0.394. The van der Waals surface area contributed by atoms with E-state index in [1.54, 1.807) is 21.3 Å². The predicted octanol–water partition coefficient (Wildman–Crippen LogP) is 1.74. The highest BCUT2D eigenvalue weighted by Crippen LogP contribution is 2.30. The molecule has 1 aromatic rings. The molecule has 0 spiro atoms. The smallest absolute Gasteiger partial charge is 0.211 e. The molecule has 1 heterocycles. The first-order valence-electron chi connectivity index (χ1n) is 10.2. The molecule has 0 aliphatic carbocycles. The molecular weight excluding hydrogens is 533 g/mol. The number of benzene rings is 1. The Bertz CT molecular complexity index is 800. The van der Waals surface area contributed by atoms with E-state index in [1.807, 2.05) is 25.1 Å². The van der Waals surface area contributed by atoms with Crippen LogP contribution >= 0.6 is 24.0 Å². The second-order valence-electron chi connectivity index (χ2n) is 7.25. The lowest BCUT2D eigenvalue weighted by Crippen LogP contribution is -2.45. The Kier molecular flexibility index (Phi) is 11.7. The zero-order valence-corrected chi connectivity index (χ0v) is 22.2. The number of sulfonamides is 1. The third-order valence-corrected chi connectivity index (χ3v) is 6.53. The van der Waals surface area contributed by atoms with Gasteiger partial charge < -0.3 is 25.0 Å². The molecule has 1 aliphatic rings. The van der Waals surface area contributed by atoms with Gasteiger partial charge in [-0.1, -0.05) is 6.92 Å². The van der Waals surface area contributed by atoms with Gasteiger partial charge in [0, 0.05) is 69.7 Å². The highest BCUT2D eigenvalue weighted by atomic mass is 127. The Morgan fingerprint density at radius 2 is 1.90 bits per heavy atom. The highest BCUT2D eigenvalue weighted by molar-refractivity contribution is 14.0. The number of anilines is 1. The number of halogens is 1. The summed E-state index contributed by atoms with van der Waals surface area (Å²) in [6, 6.07) is 6.15. The molecule has 0 amide bonds. The van der Waals surface area contributed by atoms with Crippen molar-refractivity contribution >= 4 is 45.6 Å². The largest absolute Gasteiger partial charge is 0.497 e. The number of methoxy groups -OCH3 is 2. The normalized spacial score (nSPS) is 16.8. The fraction of sp³-hybridized carbons (Fsp3) is 0.650. The Morgan fingerprint density at radius 1 is 1.26 bits per heavy atom. The van der Waals surface area contributed by atoms with Crippen LogP contribution < -0.4 is 25.0 Å². The van der Waals surface area contributed by atoms with Crippen LogP contribution in [0.3, 0.4) is 0 Å². The topological polar surface area (TPSA) is 95.5 Å². The third kappa shape index (κ3) is 8.53. The van der Waals surface area contributed by atoms with Crippen LogP contribution in [0.25, 0.3) is 0 Å². The Hall–Kier alpha value is -1.47. The van der Waals surface area contributed by atoms with E-state index in [4.69, 9.17) is 9.47 Å². The first kappa shape index (κ1) is 27.6. The van der Waals surface area contributed by atoms with Crippen LogP contribution in [-0.4, -0.2) is 85.0 Å². The number of hydrogen-bond donors (Lipinski definition) is 2. The summed E-state index contributed by atoms with van der Waals surface area (Å²) in [6.07, 6.45) is 2.94. The van der Waals surface area contributed by atoms with Crippen molar-refractivity contribution in [2.75, 3.05) is 65.1 Å². The van der Waals surface area contributed by atoms with Gasteiger partial charge >= 0.3 is 0 Å². The summed E-state index contributed by atoms with van der Waals surface area (Å²) in [6.45, 7) is 5.24. The number of hydrogen-bond acceptors (Lipinski definition) is 6. The molecule has 2 N–H and O–H groups in total. The molecule has 1 aromatic carbocycles. The summed E-state index contributed by atoms with van der Waals surface area (Å²) in [5.74, 6) is 2.27. The van der Waals surface area contributed by atoms with Gasteiger partial charge in [0.15, 0.2) is 5.96 Å². The molecule has 0 radical (unpaired) electrons. The molecule has 1 saturated heterocycles. The van der Waals surface area contributed by atoms with E-state index in [-0.39, 0.29) is 30.0 Å². The number of ether oxygens (including phenoxy) is 2. The summed E-state index contributed by atoms with van der Waals surface area (Å²) in [5, 5.41) is 6.73. The van der Waals surface area contributed by atoms with Crippen molar-refractivity contribution in [2.45, 2.75) is 25.8 Å². The van der Waals surface area contributed by atoms with E-state index >= 15 is 0 Å². The van der Waals surface area contributed by atoms with Crippen molar-refractivity contribution in [1.82, 2.24) is 14.9 Å². The van der Waals surface area contributed by atoms with Gasteiger partial charge in [-0.05, 0) is 12.8 Å². The highest BCUT2D eigenvalue weighted by Gasteiger charge is 2.24. The summed E-state index contributed by atoms with van der Waals surface area (Å²) in [5.41, 5.74) is 1.07. The van der Waals surface area contributed by atoms with Gasteiger partial charge in [0.05, 0.1) is 20.5 Å². The minimum absolute atomic E-state index is 0. The van der Waals surface area contributed by atoms with E-state index in [9.17, 15) is 8.42 Å². The van der Waals surface area contributed by atoms with E-state index in [1.165, 1.54) is 10.6 Å². The Morgan fingerprint density at radius 3 is 2.42 bits per heavy atom. The zero-order chi connectivity index (χ0) is 22.1. The lowest BCUT2D eigenvalue weighted by atomic mass is 10.2. The van der Waals surface area contributed by atoms with E-state index in [2.05, 4.69) is 20.5 Å². The maximum Gasteiger partial charge on any atom is 0.211 e. The second kappa shape index (κ2) is 13.2. The molecule has 31 heavy (non-hydrogen) atoms. The number of nitrogens with one attached hydrogen (secondary N) is 2. The van der Waals surface area contributed by atoms with Gasteiger partial charge in [-0.25, -0.2) is 12.7 Å². The minimum Gasteiger partial charge on any atom is -0.497 e. The molecule has 9 nitrogen and oxygen atoms in total. The third-order valence-electron chi connectivity index (χ3n) is 5.15. The van der Waals surface area contributed by atoms with Crippen LogP contribution in [0.5, 0.6) is 11.5 Å². The fourth-order valence-corrected chi connectivity index (χ4v) is 4.43. The number of rotatable bonds is 10. The maximum absolute atomic E-state index is 11.7. The standard InChI is InChI=1S/C20H35N5O4S.HI/c1-6-25(30(5,26)27)10-7-9-22-20(21-2)23-16-8-11-24(15-16)17-12-18(28-3)14-19(13-17)29-4;/h12-14,16H,6-11,15H2,1-5H3,(H2,21,22,23);1H. The monoisotopic (exact) mass is 569 g/mol. The molecule has 0 saturated carbocycles. The summed E-state index contributed by atoms with van der Waals surface area (Å²) < 4.78 is 35.5. The number of aliphatic imine (C=N–C) groups is 1. The van der Waals surface area contributed by atoms with Crippen molar-refractivity contribution in [3.05, 3.63) is 18.2 Å². The summed E-state index contributed by atoms with van der Waals surface area (Å²) in [7, 11) is 1.90. The lowest BCUT2D eigenvalue weighted by Gasteiger charge is -2.22. The molecule has 0 bridgehead atoms. The Labute approximate surface area is 203 Å². The van der Waals surface area contributed by atoms with Gasteiger partial charge in [0.25, 0.3) is 0 Å². The molecule has 0 aromatic heterocycles. The quantitative estimate of drug-likeness (QED) is 0.192. The molecular formula is C20H36IN5O4S. The first-order chi connectivity index (χ1) is 14.3. The van der Waals surface area contributed by atoms with Gasteiger partial charge in [-0.2, -0.15) is 0 Å². The molecule has 178 valence electrons. The first-order valence-corrected chi connectivity index (χ1v) is 12.1. The van der Waals surface area contributed by atoms with Crippen LogP contribution in [0.15, 0.2) is 23.2 Å². The van der Waals surface area contributed by atoms with Crippen LogP contribution in [0.2, 0.25) is 0 Å². The fourth-order valence-electron chi connectivity index (χ4n) is 3.50. The van der Waals surface area contributed by atoms with Gasteiger partial charge in [-0.15, -0.1) is 24.0 Å². The molecule has 1 aliphatic heterocycles. The molecule has 1 atom stereocenters. The van der Waals surface area contributed by atoms with Gasteiger partial charge in [0.2, 0.25) is 10.0 Å². The maximum atomic E-state index is 11.7. The van der Waals surface area contributed by atoms with Gasteiger partial charge in [0.1, 0.15) is 11.5 Å². The average Bonchev–Trinajstić information content (AvgIpc) is 3.20. The SMILES string of the molecule is CCN(CCCNC(=NC)NC1CCN(c2cc(OC)cc(OC)c2)C1)S(C)(=O)=O.I. The molecule has 1 unspecified atom stereocenters. The van der Waals surface area contributed by atoms with E-state index < -0.39 is 10.0 Å². The number of guanidine groups is 1.